The van der Waals surface area contributed by atoms with E-state index in [4.69, 9.17) is 10.3 Å². The lowest BCUT2D eigenvalue weighted by Gasteiger charge is -2.03. The summed E-state index contributed by atoms with van der Waals surface area (Å²) in [5.41, 5.74) is 5.44. The minimum absolute atomic E-state index is 0.0715. The molecule has 0 spiro atoms. The summed E-state index contributed by atoms with van der Waals surface area (Å²) in [6.45, 7) is 0.488. The Labute approximate surface area is 80.9 Å². The van der Waals surface area contributed by atoms with E-state index in [-0.39, 0.29) is 17.1 Å². The Morgan fingerprint density at radius 3 is 2.93 bits per heavy atom. The molecule has 1 heterocycles. The predicted molar refractivity (Wildman–Crippen MR) is 47.7 cm³/mol. The van der Waals surface area contributed by atoms with Crippen LogP contribution in [0.1, 0.15) is 29.4 Å². The van der Waals surface area contributed by atoms with Gasteiger partial charge in [0.05, 0.1) is 5.41 Å². The van der Waals surface area contributed by atoms with Gasteiger partial charge in [-0.15, -0.1) is 0 Å². The zero-order valence-electron chi connectivity index (χ0n) is 7.91. The molecule has 6 heteroatoms. The lowest BCUT2D eigenvalue weighted by atomic mass is 10.1. The van der Waals surface area contributed by atoms with Crippen molar-refractivity contribution in [2.24, 2.45) is 5.73 Å². The molecular weight excluding hydrogens is 184 g/mol. The standard InChI is InChI=1S/C8H12N4O2/c1-10-6(13)5-11-7(14-12-5)8(4-9)2-3-8/h2-4,9H2,1H3,(H,10,13). The predicted octanol–water partition coefficient (Wildman–Crippen LogP) is -0.580. The molecule has 0 radical (unpaired) electrons. The number of hydrogen-bond donors (Lipinski definition) is 2. The van der Waals surface area contributed by atoms with Crippen LogP contribution in [0.4, 0.5) is 0 Å². The van der Waals surface area contributed by atoms with Gasteiger partial charge in [-0.3, -0.25) is 4.79 Å². The summed E-state index contributed by atoms with van der Waals surface area (Å²) in [5, 5.41) is 6.02. The van der Waals surface area contributed by atoms with Crippen LogP contribution < -0.4 is 11.1 Å². The number of carbonyl (C=O) groups is 1. The first kappa shape index (κ1) is 9.14. The second-order valence-corrected chi connectivity index (χ2v) is 3.49. The highest BCUT2D eigenvalue weighted by molar-refractivity contribution is 5.89. The number of hydrogen-bond acceptors (Lipinski definition) is 5. The number of amides is 1. The van der Waals surface area contributed by atoms with E-state index < -0.39 is 0 Å². The first-order valence-electron chi connectivity index (χ1n) is 4.48. The van der Waals surface area contributed by atoms with Gasteiger partial charge in [0.2, 0.25) is 5.89 Å². The number of carbonyl (C=O) groups excluding carboxylic acids is 1. The molecule has 3 N–H and O–H groups in total. The third kappa shape index (κ3) is 1.27. The molecule has 6 nitrogen and oxygen atoms in total. The molecule has 1 aromatic rings. The normalized spacial score (nSPS) is 17.9. The molecular formula is C8H12N4O2. The largest absolute Gasteiger partial charge is 0.352 e. The summed E-state index contributed by atoms with van der Waals surface area (Å²) in [4.78, 5) is 15.2. The molecule has 0 bridgehead atoms. The van der Waals surface area contributed by atoms with E-state index in [1.54, 1.807) is 0 Å². The second kappa shape index (κ2) is 3.06. The van der Waals surface area contributed by atoms with Crippen LogP contribution in [0.25, 0.3) is 0 Å². The maximum atomic E-state index is 11.1. The molecule has 0 unspecified atom stereocenters. The zero-order chi connectivity index (χ0) is 10.2. The molecule has 0 atom stereocenters. The highest BCUT2D eigenvalue weighted by Gasteiger charge is 2.48. The summed E-state index contributed by atoms with van der Waals surface area (Å²) >= 11 is 0. The Morgan fingerprint density at radius 2 is 2.43 bits per heavy atom. The minimum Gasteiger partial charge on any atom is -0.352 e. The van der Waals surface area contributed by atoms with E-state index in [1.165, 1.54) is 7.05 Å². The van der Waals surface area contributed by atoms with Gasteiger partial charge in [0, 0.05) is 13.6 Å². The molecule has 2 rings (SSSR count). The molecule has 14 heavy (non-hydrogen) atoms. The molecule has 1 amide bonds. The third-order valence-electron chi connectivity index (χ3n) is 2.55. The van der Waals surface area contributed by atoms with E-state index in [0.29, 0.717) is 12.4 Å². The number of aromatic nitrogens is 2. The first-order chi connectivity index (χ1) is 6.72. The summed E-state index contributed by atoms with van der Waals surface area (Å²) in [6.07, 6.45) is 1.91. The highest BCUT2D eigenvalue weighted by atomic mass is 16.5. The van der Waals surface area contributed by atoms with Gasteiger partial charge in [-0.25, -0.2) is 0 Å². The fraction of sp³-hybridized carbons (Fsp3) is 0.625. The van der Waals surface area contributed by atoms with Crippen molar-refractivity contribution in [3.05, 3.63) is 11.7 Å². The average molecular weight is 196 g/mol. The molecule has 0 aromatic carbocycles. The Morgan fingerprint density at radius 1 is 1.71 bits per heavy atom. The Hall–Kier alpha value is -1.43. The van der Waals surface area contributed by atoms with E-state index in [1.807, 2.05) is 0 Å². The van der Waals surface area contributed by atoms with Crippen molar-refractivity contribution in [3.63, 3.8) is 0 Å². The van der Waals surface area contributed by atoms with Gasteiger partial charge in [0.25, 0.3) is 11.7 Å². The van der Waals surface area contributed by atoms with Crippen LogP contribution in [0.2, 0.25) is 0 Å². The lowest BCUT2D eigenvalue weighted by molar-refractivity contribution is 0.0950. The highest BCUT2D eigenvalue weighted by Crippen LogP contribution is 2.46. The van der Waals surface area contributed by atoms with Crippen LogP contribution in [-0.4, -0.2) is 29.6 Å². The molecule has 76 valence electrons. The quantitative estimate of drug-likeness (QED) is 0.674. The summed E-state index contributed by atoms with van der Waals surface area (Å²) < 4.78 is 5.00. The van der Waals surface area contributed by atoms with Gasteiger partial charge in [0.15, 0.2) is 0 Å². The molecule has 1 aliphatic rings. The average Bonchev–Trinajstić information content (AvgIpc) is 2.87. The minimum atomic E-state index is -0.340. The van der Waals surface area contributed by atoms with Crippen molar-refractivity contribution in [1.29, 1.82) is 0 Å². The van der Waals surface area contributed by atoms with Crippen LogP contribution >= 0.6 is 0 Å². The van der Waals surface area contributed by atoms with Gasteiger partial charge in [0.1, 0.15) is 0 Å². The van der Waals surface area contributed by atoms with Gasteiger partial charge >= 0.3 is 0 Å². The van der Waals surface area contributed by atoms with E-state index in [2.05, 4.69) is 15.5 Å². The maximum absolute atomic E-state index is 11.1. The Balaban J connectivity index is 2.22. The molecule has 1 saturated carbocycles. The van der Waals surface area contributed by atoms with Crippen LogP contribution in [0.15, 0.2) is 4.52 Å². The van der Waals surface area contributed by atoms with Crippen molar-refractivity contribution in [2.45, 2.75) is 18.3 Å². The molecule has 1 aromatic heterocycles. The number of rotatable bonds is 3. The number of nitrogens with zero attached hydrogens (tertiary/aromatic N) is 2. The Bertz CT molecular complexity index is 356. The monoisotopic (exact) mass is 196 g/mol. The fourth-order valence-corrected chi connectivity index (χ4v) is 1.30. The van der Waals surface area contributed by atoms with Gasteiger partial charge in [-0.05, 0) is 12.8 Å². The van der Waals surface area contributed by atoms with Crippen molar-refractivity contribution >= 4 is 5.91 Å². The van der Waals surface area contributed by atoms with Crippen molar-refractivity contribution in [2.75, 3.05) is 13.6 Å². The SMILES string of the molecule is CNC(=O)c1noc(C2(CN)CC2)n1. The molecule has 1 fully saturated rings. The zero-order valence-corrected chi connectivity index (χ0v) is 7.91. The summed E-state index contributed by atoms with van der Waals surface area (Å²) in [5.74, 6) is 0.216. The first-order valence-corrected chi connectivity index (χ1v) is 4.48. The van der Waals surface area contributed by atoms with Crippen LogP contribution in [-0.2, 0) is 5.41 Å². The van der Waals surface area contributed by atoms with Crippen LogP contribution in [0.5, 0.6) is 0 Å². The lowest BCUT2D eigenvalue weighted by Crippen LogP contribution is -2.22. The summed E-state index contributed by atoms with van der Waals surface area (Å²) in [7, 11) is 1.52. The van der Waals surface area contributed by atoms with E-state index >= 15 is 0 Å². The molecule has 0 aliphatic heterocycles. The topological polar surface area (TPSA) is 94.0 Å². The van der Waals surface area contributed by atoms with Crippen molar-refractivity contribution in [1.82, 2.24) is 15.5 Å². The second-order valence-electron chi connectivity index (χ2n) is 3.49. The fourth-order valence-electron chi connectivity index (χ4n) is 1.30. The molecule has 1 aliphatic carbocycles. The van der Waals surface area contributed by atoms with Crippen LogP contribution in [0, 0.1) is 0 Å². The maximum Gasteiger partial charge on any atom is 0.292 e. The van der Waals surface area contributed by atoms with Gasteiger partial charge < -0.3 is 15.6 Å². The summed E-state index contributed by atoms with van der Waals surface area (Å²) in [6, 6.07) is 0. The Kier molecular flexibility index (Phi) is 1.99. The van der Waals surface area contributed by atoms with E-state index in [0.717, 1.165) is 12.8 Å². The van der Waals surface area contributed by atoms with Crippen molar-refractivity contribution < 1.29 is 9.32 Å². The van der Waals surface area contributed by atoms with Crippen LogP contribution in [0.3, 0.4) is 0 Å². The third-order valence-corrected chi connectivity index (χ3v) is 2.55. The number of nitrogens with two attached hydrogens (primary N) is 1. The van der Waals surface area contributed by atoms with E-state index in [9.17, 15) is 4.79 Å². The number of nitrogens with one attached hydrogen (secondary N) is 1. The smallest absolute Gasteiger partial charge is 0.292 e. The van der Waals surface area contributed by atoms with Gasteiger partial charge in [-0.2, -0.15) is 4.98 Å². The molecule has 0 saturated heterocycles. The van der Waals surface area contributed by atoms with Gasteiger partial charge in [-0.1, -0.05) is 5.16 Å². The van der Waals surface area contributed by atoms with Crippen molar-refractivity contribution in [3.8, 4) is 0 Å².